The van der Waals surface area contributed by atoms with Gasteiger partial charge in [0.1, 0.15) is 0 Å². The summed E-state index contributed by atoms with van der Waals surface area (Å²) in [6, 6.07) is 9.78. The first kappa shape index (κ1) is 15.3. The lowest BCUT2D eigenvalue weighted by Crippen LogP contribution is -2.41. The molecule has 4 nitrogen and oxygen atoms in total. The second-order valence-electron chi connectivity index (χ2n) is 5.33. The molecule has 0 fully saturated rings. The third-order valence-corrected chi connectivity index (χ3v) is 3.98. The van der Waals surface area contributed by atoms with Gasteiger partial charge in [-0.3, -0.25) is 9.59 Å². The zero-order valence-electron chi connectivity index (χ0n) is 12.2. The Hall–Kier alpha value is -2.10. The van der Waals surface area contributed by atoms with Crippen molar-refractivity contribution in [2.75, 3.05) is 6.54 Å². The van der Waals surface area contributed by atoms with Crippen LogP contribution in [0.1, 0.15) is 25.3 Å². The van der Waals surface area contributed by atoms with Crippen LogP contribution in [0, 0.1) is 11.8 Å². The molecule has 0 bridgehead atoms. The smallest absolute Gasteiger partial charge is 0.307 e. The monoisotopic (exact) mass is 287 g/mol. The number of amides is 1. The predicted octanol–water partition coefficient (Wildman–Crippen LogP) is 2.70. The first-order valence-corrected chi connectivity index (χ1v) is 7.34. The fraction of sp³-hybridized carbons (Fsp3) is 0.412. The third kappa shape index (κ3) is 3.72. The molecule has 0 spiro atoms. The Labute approximate surface area is 125 Å². The molecule has 2 unspecified atom stereocenters. The maximum atomic E-state index is 12.7. The molecule has 1 aromatic rings. The number of hydrogen-bond donors (Lipinski definition) is 1. The quantitative estimate of drug-likeness (QED) is 0.847. The van der Waals surface area contributed by atoms with E-state index in [-0.39, 0.29) is 5.91 Å². The highest BCUT2D eigenvalue weighted by atomic mass is 16.4. The zero-order chi connectivity index (χ0) is 15.2. The largest absolute Gasteiger partial charge is 0.481 e. The van der Waals surface area contributed by atoms with Gasteiger partial charge >= 0.3 is 5.97 Å². The molecular weight excluding hydrogens is 266 g/mol. The second kappa shape index (κ2) is 7.07. The van der Waals surface area contributed by atoms with E-state index >= 15 is 0 Å². The molecule has 1 N–H and O–H groups in total. The van der Waals surface area contributed by atoms with E-state index in [4.69, 9.17) is 0 Å². The van der Waals surface area contributed by atoms with Crippen molar-refractivity contribution in [3.8, 4) is 0 Å². The van der Waals surface area contributed by atoms with Gasteiger partial charge in [0.15, 0.2) is 0 Å². The average Bonchev–Trinajstić information content (AvgIpc) is 2.53. The molecule has 21 heavy (non-hydrogen) atoms. The number of hydrogen-bond acceptors (Lipinski definition) is 2. The molecule has 0 aliphatic heterocycles. The number of allylic oxidation sites excluding steroid dienone is 2. The van der Waals surface area contributed by atoms with Crippen LogP contribution in [-0.2, 0) is 16.1 Å². The molecule has 1 aliphatic carbocycles. The summed E-state index contributed by atoms with van der Waals surface area (Å²) in [6.45, 7) is 3.04. The summed E-state index contributed by atoms with van der Waals surface area (Å²) in [5.41, 5.74) is 1.06. The van der Waals surface area contributed by atoms with Gasteiger partial charge in [-0.2, -0.15) is 0 Å². The normalized spacial score (nSPS) is 21.0. The number of carboxylic acids is 1. The van der Waals surface area contributed by atoms with Gasteiger partial charge in [-0.1, -0.05) is 42.5 Å². The van der Waals surface area contributed by atoms with E-state index in [9.17, 15) is 14.7 Å². The summed E-state index contributed by atoms with van der Waals surface area (Å²) in [4.78, 5) is 25.8. The lowest BCUT2D eigenvalue weighted by molar-refractivity contribution is -0.150. The van der Waals surface area contributed by atoms with E-state index in [2.05, 4.69) is 0 Å². The maximum absolute atomic E-state index is 12.7. The van der Waals surface area contributed by atoms with Crippen molar-refractivity contribution < 1.29 is 14.7 Å². The van der Waals surface area contributed by atoms with Crippen LogP contribution in [0.15, 0.2) is 42.5 Å². The minimum absolute atomic E-state index is 0.0573. The van der Waals surface area contributed by atoms with Gasteiger partial charge in [-0.15, -0.1) is 0 Å². The summed E-state index contributed by atoms with van der Waals surface area (Å²) < 4.78 is 0. The standard InChI is InChI=1S/C17H21NO3/c1-2-18(12-13-8-4-3-5-9-13)16(19)14-10-6-7-11-15(14)17(20)21/h3-9,14-15H,2,10-12H2,1H3,(H,20,21). The van der Waals surface area contributed by atoms with Crippen molar-refractivity contribution in [2.45, 2.75) is 26.3 Å². The lowest BCUT2D eigenvalue weighted by atomic mass is 9.82. The van der Waals surface area contributed by atoms with Crippen LogP contribution in [0.5, 0.6) is 0 Å². The topological polar surface area (TPSA) is 57.6 Å². The molecule has 0 saturated heterocycles. The van der Waals surface area contributed by atoms with Crippen molar-refractivity contribution in [1.82, 2.24) is 4.90 Å². The molecule has 4 heteroatoms. The van der Waals surface area contributed by atoms with Crippen molar-refractivity contribution in [2.24, 2.45) is 11.8 Å². The van der Waals surface area contributed by atoms with Crippen molar-refractivity contribution in [3.63, 3.8) is 0 Å². The first-order chi connectivity index (χ1) is 10.1. The van der Waals surface area contributed by atoms with Crippen LogP contribution in [-0.4, -0.2) is 28.4 Å². The number of carbonyl (C=O) groups is 2. The van der Waals surface area contributed by atoms with Crippen molar-refractivity contribution in [3.05, 3.63) is 48.0 Å². The van der Waals surface area contributed by atoms with Crippen LogP contribution < -0.4 is 0 Å². The highest BCUT2D eigenvalue weighted by Crippen LogP contribution is 2.28. The summed E-state index contributed by atoms with van der Waals surface area (Å²) in [6.07, 6.45) is 4.73. The molecule has 112 valence electrons. The van der Waals surface area contributed by atoms with E-state index in [1.165, 1.54) is 0 Å². The molecule has 1 aromatic carbocycles. The Morgan fingerprint density at radius 3 is 2.33 bits per heavy atom. The van der Waals surface area contributed by atoms with E-state index in [0.29, 0.717) is 25.9 Å². The minimum Gasteiger partial charge on any atom is -0.481 e. The number of carbonyl (C=O) groups excluding carboxylic acids is 1. The Bertz CT molecular complexity index is 524. The average molecular weight is 287 g/mol. The fourth-order valence-electron chi connectivity index (χ4n) is 2.74. The van der Waals surface area contributed by atoms with Crippen LogP contribution >= 0.6 is 0 Å². The number of rotatable bonds is 5. The highest BCUT2D eigenvalue weighted by Gasteiger charge is 2.35. The van der Waals surface area contributed by atoms with Gasteiger partial charge in [-0.25, -0.2) is 0 Å². The molecular formula is C17H21NO3. The van der Waals surface area contributed by atoms with Crippen molar-refractivity contribution in [1.29, 1.82) is 0 Å². The van der Waals surface area contributed by atoms with E-state index in [0.717, 1.165) is 5.56 Å². The molecule has 0 saturated carbocycles. The summed E-state index contributed by atoms with van der Waals surface area (Å²) in [7, 11) is 0. The Balaban J connectivity index is 2.12. The van der Waals surface area contributed by atoms with Crippen LogP contribution in [0.25, 0.3) is 0 Å². The van der Waals surface area contributed by atoms with E-state index in [1.807, 2.05) is 49.4 Å². The van der Waals surface area contributed by atoms with Crippen LogP contribution in [0.4, 0.5) is 0 Å². The number of nitrogens with zero attached hydrogens (tertiary/aromatic N) is 1. The van der Waals surface area contributed by atoms with E-state index < -0.39 is 17.8 Å². The molecule has 0 heterocycles. The molecule has 1 aliphatic rings. The van der Waals surface area contributed by atoms with Gasteiger partial charge in [0, 0.05) is 13.1 Å². The number of carboxylic acid groups (broad SMARTS) is 1. The molecule has 0 radical (unpaired) electrons. The zero-order valence-corrected chi connectivity index (χ0v) is 12.2. The van der Waals surface area contributed by atoms with Crippen LogP contribution in [0.3, 0.4) is 0 Å². The van der Waals surface area contributed by atoms with Gasteiger partial charge in [0.05, 0.1) is 11.8 Å². The molecule has 0 aromatic heterocycles. The summed E-state index contributed by atoms with van der Waals surface area (Å²) in [5.74, 6) is -1.99. The first-order valence-electron chi connectivity index (χ1n) is 7.34. The van der Waals surface area contributed by atoms with Crippen LogP contribution in [0.2, 0.25) is 0 Å². The highest BCUT2D eigenvalue weighted by molar-refractivity contribution is 5.85. The molecule has 2 rings (SSSR count). The van der Waals surface area contributed by atoms with Gasteiger partial charge in [-0.05, 0) is 25.3 Å². The van der Waals surface area contributed by atoms with Gasteiger partial charge in [0.2, 0.25) is 5.91 Å². The summed E-state index contributed by atoms with van der Waals surface area (Å²) >= 11 is 0. The Kier molecular flexibility index (Phi) is 5.14. The second-order valence-corrected chi connectivity index (χ2v) is 5.33. The van der Waals surface area contributed by atoms with Gasteiger partial charge < -0.3 is 10.0 Å². The van der Waals surface area contributed by atoms with E-state index in [1.54, 1.807) is 4.90 Å². The fourth-order valence-corrected chi connectivity index (χ4v) is 2.74. The molecule has 1 amide bonds. The maximum Gasteiger partial charge on any atom is 0.307 e. The lowest BCUT2D eigenvalue weighted by Gasteiger charge is -2.30. The third-order valence-electron chi connectivity index (χ3n) is 3.98. The minimum atomic E-state index is -0.881. The SMILES string of the molecule is CCN(Cc1ccccc1)C(=O)C1CC=CCC1C(=O)O. The van der Waals surface area contributed by atoms with Gasteiger partial charge in [0.25, 0.3) is 0 Å². The predicted molar refractivity (Wildman–Crippen MR) is 80.5 cm³/mol. The number of benzene rings is 1. The Morgan fingerprint density at radius 1 is 1.14 bits per heavy atom. The Morgan fingerprint density at radius 2 is 1.76 bits per heavy atom. The van der Waals surface area contributed by atoms with Crippen molar-refractivity contribution >= 4 is 11.9 Å². The number of aliphatic carboxylic acids is 1. The molecule has 2 atom stereocenters. The summed E-state index contributed by atoms with van der Waals surface area (Å²) in [5, 5.41) is 9.30.